The summed E-state index contributed by atoms with van der Waals surface area (Å²) in [5.41, 5.74) is 0.964. The van der Waals surface area contributed by atoms with Crippen LogP contribution in [0.5, 0.6) is 0 Å². The standard InChI is InChI=1S/C21H10Cl2F2N4O2/c1-9-17-18-12(20(30)28(21(18)31)11-3-4-14(24)13(23)7-11)8-26-19(17)29(27-9)16-5-2-10(22)6-15(16)25/h2-8H,1H3. The van der Waals surface area contributed by atoms with E-state index in [1.54, 1.807) is 6.92 Å². The molecule has 154 valence electrons. The van der Waals surface area contributed by atoms with Gasteiger partial charge in [0.25, 0.3) is 11.8 Å². The van der Waals surface area contributed by atoms with Gasteiger partial charge in [0, 0.05) is 11.2 Å². The van der Waals surface area contributed by atoms with Crippen molar-refractivity contribution in [1.29, 1.82) is 0 Å². The van der Waals surface area contributed by atoms with Crippen LogP contribution in [0.4, 0.5) is 14.5 Å². The number of aryl methyl sites for hydroxylation is 1. The third-order valence-electron chi connectivity index (χ3n) is 5.02. The third kappa shape index (κ3) is 2.83. The molecule has 5 rings (SSSR count). The van der Waals surface area contributed by atoms with Gasteiger partial charge in [0.05, 0.1) is 32.9 Å². The number of benzene rings is 2. The van der Waals surface area contributed by atoms with Crippen molar-refractivity contribution < 1.29 is 18.4 Å². The summed E-state index contributed by atoms with van der Waals surface area (Å²) >= 11 is 11.7. The fourth-order valence-electron chi connectivity index (χ4n) is 3.64. The van der Waals surface area contributed by atoms with Crippen LogP contribution in [0.15, 0.2) is 42.6 Å². The molecule has 6 nitrogen and oxygen atoms in total. The molecular weight excluding hydrogens is 449 g/mol. The molecule has 4 aromatic rings. The molecule has 0 radical (unpaired) electrons. The first-order chi connectivity index (χ1) is 14.8. The fraction of sp³-hybridized carbons (Fsp3) is 0.0476. The second-order valence-electron chi connectivity index (χ2n) is 6.88. The minimum atomic E-state index is -0.673. The Morgan fingerprint density at radius 1 is 0.968 bits per heavy atom. The summed E-state index contributed by atoms with van der Waals surface area (Å²) in [5.74, 6) is -2.55. The van der Waals surface area contributed by atoms with E-state index >= 15 is 0 Å². The van der Waals surface area contributed by atoms with Crippen LogP contribution < -0.4 is 4.90 Å². The van der Waals surface area contributed by atoms with Crippen molar-refractivity contribution in [1.82, 2.24) is 14.8 Å². The number of carbonyl (C=O) groups is 2. The molecule has 2 amide bonds. The number of nitrogens with zero attached hydrogens (tertiary/aromatic N) is 4. The molecular formula is C21H10Cl2F2N4O2. The second-order valence-corrected chi connectivity index (χ2v) is 7.73. The molecule has 0 atom stereocenters. The van der Waals surface area contributed by atoms with Crippen LogP contribution in [0.25, 0.3) is 16.7 Å². The van der Waals surface area contributed by atoms with Gasteiger partial charge in [-0.15, -0.1) is 0 Å². The maximum absolute atomic E-state index is 14.5. The monoisotopic (exact) mass is 458 g/mol. The number of amides is 2. The number of aromatic nitrogens is 3. The molecule has 0 fully saturated rings. The lowest BCUT2D eigenvalue weighted by Crippen LogP contribution is -2.29. The zero-order chi connectivity index (χ0) is 22.0. The van der Waals surface area contributed by atoms with Crippen molar-refractivity contribution in [3.8, 4) is 5.69 Å². The van der Waals surface area contributed by atoms with E-state index in [4.69, 9.17) is 23.2 Å². The average molecular weight is 459 g/mol. The van der Waals surface area contributed by atoms with E-state index in [1.807, 2.05) is 0 Å². The number of rotatable bonds is 2. The number of pyridine rings is 1. The van der Waals surface area contributed by atoms with Crippen LogP contribution >= 0.6 is 23.2 Å². The molecule has 0 saturated carbocycles. The first kappa shape index (κ1) is 19.6. The molecule has 10 heteroatoms. The van der Waals surface area contributed by atoms with Gasteiger partial charge in [-0.3, -0.25) is 9.59 Å². The summed E-state index contributed by atoms with van der Waals surface area (Å²) in [6.07, 6.45) is 1.24. The van der Waals surface area contributed by atoms with Crippen LogP contribution in [0, 0.1) is 18.6 Å². The molecule has 1 aliphatic heterocycles. The highest BCUT2D eigenvalue weighted by Gasteiger charge is 2.40. The first-order valence-corrected chi connectivity index (χ1v) is 9.71. The Labute approximate surface area is 183 Å². The van der Waals surface area contributed by atoms with Crippen LogP contribution in [-0.4, -0.2) is 26.6 Å². The van der Waals surface area contributed by atoms with E-state index < -0.39 is 23.4 Å². The molecule has 0 unspecified atom stereocenters. The number of halogens is 4. The van der Waals surface area contributed by atoms with Crippen molar-refractivity contribution in [2.75, 3.05) is 4.90 Å². The second kappa shape index (κ2) is 6.83. The largest absolute Gasteiger partial charge is 0.268 e. The molecule has 0 spiro atoms. The van der Waals surface area contributed by atoms with Gasteiger partial charge < -0.3 is 0 Å². The number of fused-ring (bicyclic) bond motifs is 3. The Bertz CT molecular complexity index is 1450. The van der Waals surface area contributed by atoms with Gasteiger partial charge in [-0.1, -0.05) is 23.2 Å². The maximum atomic E-state index is 14.5. The van der Waals surface area contributed by atoms with Crippen molar-refractivity contribution in [2.24, 2.45) is 0 Å². The minimum absolute atomic E-state index is 0.0668. The Morgan fingerprint density at radius 3 is 2.45 bits per heavy atom. The number of imide groups is 1. The van der Waals surface area contributed by atoms with Gasteiger partial charge in [0.15, 0.2) is 5.65 Å². The fourth-order valence-corrected chi connectivity index (χ4v) is 3.97. The highest BCUT2D eigenvalue weighted by atomic mass is 35.5. The van der Waals surface area contributed by atoms with Crippen LogP contribution in [-0.2, 0) is 0 Å². The first-order valence-electron chi connectivity index (χ1n) is 8.95. The summed E-state index contributed by atoms with van der Waals surface area (Å²) in [6, 6.07) is 7.64. The van der Waals surface area contributed by atoms with Crippen molar-refractivity contribution in [2.45, 2.75) is 6.92 Å². The SMILES string of the molecule is Cc1nn(-c2ccc(Cl)cc2F)c2ncc3c(c12)C(=O)N(c1ccc(F)c(Cl)c1)C3=O. The molecule has 1 aliphatic rings. The molecule has 0 saturated heterocycles. The summed E-state index contributed by atoms with van der Waals surface area (Å²) in [7, 11) is 0. The topological polar surface area (TPSA) is 68.1 Å². The Kier molecular flexibility index (Phi) is 4.32. The van der Waals surface area contributed by atoms with Crippen LogP contribution in [0.2, 0.25) is 10.0 Å². The van der Waals surface area contributed by atoms with Crippen molar-refractivity contribution >= 4 is 51.7 Å². The highest BCUT2D eigenvalue weighted by Crippen LogP contribution is 2.36. The molecule has 0 aliphatic carbocycles. The smallest absolute Gasteiger partial charge is 0.267 e. The number of hydrogen-bond acceptors (Lipinski definition) is 4. The summed E-state index contributed by atoms with van der Waals surface area (Å²) in [5, 5.41) is 4.65. The average Bonchev–Trinajstić information content (AvgIpc) is 3.18. The van der Waals surface area contributed by atoms with Gasteiger partial charge in [0.1, 0.15) is 17.3 Å². The summed E-state index contributed by atoms with van der Waals surface area (Å²) < 4.78 is 29.3. The number of carbonyl (C=O) groups excluding carboxylic acids is 2. The van der Waals surface area contributed by atoms with E-state index in [1.165, 1.54) is 35.1 Å². The van der Waals surface area contributed by atoms with Gasteiger partial charge in [-0.25, -0.2) is 23.3 Å². The van der Waals surface area contributed by atoms with E-state index in [0.717, 1.165) is 17.0 Å². The maximum Gasteiger partial charge on any atom is 0.267 e. The Morgan fingerprint density at radius 2 is 1.74 bits per heavy atom. The van der Waals surface area contributed by atoms with E-state index in [9.17, 15) is 18.4 Å². The molecule has 2 aromatic heterocycles. The summed E-state index contributed by atoms with van der Waals surface area (Å²) in [6.45, 7) is 1.63. The number of anilines is 1. The van der Waals surface area contributed by atoms with Crippen molar-refractivity contribution in [3.05, 3.63) is 81.1 Å². The quantitative estimate of drug-likeness (QED) is 0.391. The highest BCUT2D eigenvalue weighted by molar-refractivity contribution is 6.38. The Hall–Kier alpha value is -3.36. The summed E-state index contributed by atoms with van der Waals surface area (Å²) in [4.78, 5) is 31.4. The van der Waals surface area contributed by atoms with E-state index in [-0.39, 0.29) is 38.2 Å². The zero-order valence-electron chi connectivity index (χ0n) is 15.7. The van der Waals surface area contributed by atoms with Gasteiger partial charge in [-0.2, -0.15) is 5.10 Å². The van der Waals surface area contributed by atoms with Crippen LogP contribution in [0.1, 0.15) is 26.4 Å². The Balaban J connectivity index is 1.71. The zero-order valence-corrected chi connectivity index (χ0v) is 17.2. The normalized spacial score (nSPS) is 13.4. The molecule has 3 heterocycles. The predicted octanol–water partition coefficient (Wildman–Crippen LogP) is 5.11. The van der Waals surface area contributed by atoms with Crippen LogP contribution in [0.3, 0.4) is 0 Å². The lowest BCUT2D eigenvalue weighted by atomic mass is 10.1. The lowest BCUT2D eigenvalue weighted by Gasteiger charge is -2.14. The minimum Gasteiger partial charge on any atom is -0.268 e. The van der Waals surface area contributed by atoms with E-state index in [2.05, 4.69) is 10.1 Å². The third-order valence-corrected chi connectivity index (χ3v) is 5.55. The molecule has 0 N–H and O–H groups in total. The van der Waals surface area contributed by atoms with Gasteiger partial charge >= 0.3 is 0 Å². The van der Waals surface area contributed by atoms with E-state index in [0.29, 0.717) is 11.1 Å². The lowest BCUT2D eigenvalue weighted by molar-refractivity contribution is 0.0926. The molecule has 2 aromatic carbocycles. The molecule has 0 bridgehead atoms. The number of hydrogen-bond donors (Lipinski definition) is 0. The predicted molar refractivity (Wildman–Crippen MR) is 111 cm³/mol. The molecule has 31 heavy (non-hydrogen) atoms. The van der Waals surface area contributed by atoms with Crippen molar-refractivity contribution in [3.63, 3.8) is 0 Å². The van der Waals surface area contributed by atoms with Gasteiger partial charge in [0.2, 0.25) is 0 Å². The van der Waals surface area contributed by atoms with Gasteiger partial charge in [-0.05, 0) is 43.3 Å².